The van der Waals surface area contributed by atoms with Crippen LogP contribution in [-0.4, -0.2) is 10.0 Å². The Balaban J connectivity index is 2.87. The van der Waals surface area contributed by atoms with E-state index in [1.807, 2.05) is 0 Å². The van der Waals surface area contributed by atoms with Crippen molar-refractivity contribution in [1.82, 2.24) is 0 Å². The third-order valence-electron chi connectivity index (χ3n) is 1.93. The fraction of sp³-hybridized carbons (Fsp3) is 0. The van der Waals surface area contributed by atoms with E-state index in [0.717, 1.165) is 0 Å². The van der Waals surface area contributed by atoms with Gasteiger partial charge in [0, 0.05) is 11.5 Å². The van der Waals surface area contributed by atoms with E-state index in [9.17, 15) is 15.2 Å². The van der Waals surface area contributed by atoms with Crippen LogP contribution in [0.4, 0.5) is 11.4 Å². The minimum absolute atomic E-state index is 0.0733. The Bertz CT molecular complexity index is 521. The minimum atomic E-state index is -0.650. The van der Waals surface area contributed by atoms with E-state index in [0.29, 0.717) is 10.1 Å². The van der Waals surface area contributed by atoms with Crippen molar-refractivity contribution in [2.75, 3.05) is 5.73 Å². The van der Waals surface area contributed by atoms with Gasteiger partial charge in [0.2, 0.25) is 5.75 Å². The van der Waals surface area contributed by atoms with E-state index in [1.165, 1.54) is 17.4 Å². The van der Waals surface area contributed by atoms with Crippen molar-refractivity contribution in [2.24, 2.45) is 0 Å². The first-order valence-electron chi connectivity index (χ1n) is 3.74. The number of nitro benzene ring substituents is 1. The Morgan fingerprint density at radius 3 is 2.93 bits per heavy atom. The van der Waals surface area contributed by atoms with Crippen molar-refractivity contribution in [3.05, 3.63) is 27.6 Å². The number of benzene rings is 1. The van der Waals surface area contributed by atoms with Gasteiger partial charge in [0.15, 0.2) is 0 Å². The molecule has 0 unspecified atom stereocenters. The van der Waals surface area contributed by atoms with Crippen LogP contribution in [-0.2, 0) is 0 Å². The number of nitro groups is 1. The lowest BCUT2D eigenvalue weighted by Gasteiger charge is -2.00. The average molecular weight is 210 g/mol. The van der Waals surface area contributed by atoms with Crippen molar-refractivity contribution in [3.8, 4) is 5.75 Å². The van der Waals surface area contributed by atoms with Gasteiger partial charge in [-0.1, -0.05) is 0 Å². The molecule has 0 aliphatic rings. The first-order valence-corrected chi connectivity index (χ1v) is 4.62. The third kappa shape index (κ3) is 1.08. The number of nitrogens with two attached hydrogens (primary N) is 1. The monoisotopic (exact) mass is 210 g/mol. The van der Waals surface area contributed by atoms with E-state index >= 15 is 0 Å². The van der Waals surface area contributed by atoms with Gasteiger partial charge in [-0.05, 0) is 11.4 Å². The average Bonchev–Trinajstić information content (AvgIpc) is 2.58. The maximum absolute atomic E-state index is 10.5. The second kappa shape index (κ2) is 2.85. The van der Waals surface area contributed by atoms with Crippen molar-refractivity contribution < 1.29 is 10.0 Å². The Hall–Kier alpha value is -1.82. The summed E-state index contributed by atoms with van der Waals surface area (Å²) >= 11 is 1.34. The standard InChI is InChI=1S/C8H6N2O3S/c9-6-7(11)5(10(12)13)3-4-1-2-14-8(4)6/h1-3,11H,9H2. The highest BCUT2D eigenvalue weighted by Gasteiger charge is 2.19. The van der Waals surface area contributed by atoms with Crippen LogP contribution in [0.3, 0.4) is 0 Å². The second-order valence-electron chi connectivity index (χ2n) is 2.75. The first-order chi connectivity index (χ1) is 6.61. The molecule has 0 bridgehead atoms. The van der Waals surface area contributed by atoms with Crippen LogP contribution in [0, 0.1) is 10.1 Å². The zero-order chi connectivity index (χ0) is 10.3. The molecule has 0 atom stereocenters. The van der Waals surface area contributed by atoms with Crippen LogP contribution in [0.2, 0.25) is 0 Å². The van der Waals surface area contributed by atoms with Crippen molar-refractivity contribution in [2.45, 2.75) is 0 Å². The normalized spacial score (nSPS) is 10.6. The molecule has 0 saturated heterocycles. The topological polar surface area (TPSA) is 89.4 Å². The van der Waals surface area contributed by atoms with Crippen molar-refractivity contribution in [3.63, 3.8) is 0 Å². The van der Waals surface area contributed by atoms with Crippen LogP contribution < -0.4 is 5.73 Å². The molecule has 0 radical (unpaired) electrons. The van der Waals surface area contributed by atoms with E-state index in [2.05, 4.69) is 0 Å². The summed E-state index contributed by atoms with van der Waals surface area (Å²) < 4.78 is 0.674. The Morgan fingerprint density at radius 1 is 1.57 bits per heavy atom. The number of phenols is 1. The van der Waals surface area contributed by atoms with Gasteiger partial charge in [-0.3, -0.25) is 10.1 Å². The molecule has 2 aromatic rings. The van der Waals surface area contributed by atoms with Gasteiger partial charge >= 0.3 is 5.69 Å². The van der Waals surface area contributed by atoms with Crippen LogP contribution in [0.25, 0.3) is 10.1 Å². The second-order valence-corrected chi connectivity index (χ2v) is 3.67. The number of phenolic OH excluding ortho intramolecular Hbond substituents is 1. The fourth-order valence-corrected chi connectivity index (χ4v) is 2.09. The van der Waals surface area contributed by atoms with Gasteiger partial charge in [0.1, 0.15) is 0 Å². The molecule has 0 aliphatic heterocycles. The van der Waals surface area contributed by atoms with E-state index in [4.69, 9.17) is 5.73 Å². The molecule has 0 aliphatic carbocycles. The minimum Gasteiger partial charge on any atom is -0.501 e. The highest BCUT2D eigenvalue weighted by Crippen LogP contribution is 2.40. The summed E-state index contributed by atoms with van der Waals surface area (Å²) in [7, 11) is 0. The number of anilines is 1. The van der Waals surface area contributed by atoms with Gasteiger partial charge in [-0.15, -0.1) is 11.3 Å². The van der Waals surface area contributed by atoms with E-state index in [1.54, 1.807) is 11.4 Å². The number of thiophene rings is 1. The van der Waals surface area contributed by atoms with Gasteiger partial charge in [0.05, 0.1) is 15.3 Å². The quantitative estimate of drug-likeness (QED) is 0.326. The Kier molecular flexibility index (Phi) is 1.78. The molecule has 0 amide bonds. The lowest BCUT2D eigenvalue weighted by molar-refractivity contribution is -0.385. The zero-order valence-electron chi connectivity index (χ0n) is 6.93. The third-order valence-corrected chi connectivity index (χ3v) is 2.89. The smallest absolute Gasteiger partial charge is 0.313 e. The number of fused-ring (bicyclic) bond motifs is 1. The molecule has 0 saturated carbocycles. The maximum Gasteiger partial charge on any atom is 0.313 e. The number of nitrogen functional groups attached to an aromatic ring is 1. The van der Waals surface area contributed by atoms with Crippen LogP contribution in [0.1, 0.15) is 0 Å². The largest absolute Gasteiger partial charge is 0.501 e. The number of hydrogen-bond donors (Lipinski definition) is 2. The maximum atomic E-state index is 10.5. The predicted octanol–water partition coefficient (Wildman–Crippen LogP) is 2.10. The van der Waals surface area contributed by atoms with Gasteiger partial charge in [0.25, 0.3) is 0 Å². The summed E-state index contributed by atoms with van der Waals surface area (Å²) in [5.41, 5.74) is 5.28. The van der Waals surface area contributed by atoms with Crippen LogP contribution >= 0.6 is 11.3 Å². The molecule has 14 heavy (non-hydrogen) atoms. The van der Waals surface area contributed by atoms with Gasteiger partial charge in [-0.2, -0.15) is 0 Å². The fourth-order valence-electron chi connectivity index (χ4n) is 1.25. The highest BCUT2D eigenvalue weighted by atomic mass is 32.1. The first kappa shape index (κ1) is 8.76. The number of rotatable bonds is 1. The molecule has 1 aromatic carbocycles. The molecule has 2 rings (SSSR count). The number of nitrogens with zero attached hydrogens (tertiary/aromatic N) is 1. The van der Waals surface area contributed by atoms with E-state index < -0.39 is 10.7 Å². The summed E-state index contributed by atoms with van der Waals surface area (Å²) in [6.07, 6.45) is 0. The summed E-state index contributed by atoms with van der Waals surface area (Å²) in [5, 5.41) is 22.4. The zero-order valence-corrected chi connectivity index (χ0v) is 7.75. The molecular formula is C8H6N2O3S. The SMILES string of the molecule is Nc1c(O)c([N+](=O)[O-])cc2ccsc12. The van der Waals surface area contributed by atoms with Crippen LogP contribution in [0.5, 0.6) is 5.75 Å². The lowest BCUT2D eigenvalue weighted by Crippen LogP contribution is -1.93. The molecule has 3 N–H and O–H groups in total. The molecule has 0 fully saturated rings. The highest BCUT2D eigenvalue weighted by molar-refractivity contribution is 7.17. The summed E-state index contributed by atoms with van der Waals surface area (Å²) in [4.78, 5) is 9.88. The van der Waals surface area contributed by atoms with Crippen molar-refractivity contribution >= 4 is 32.8 Å². The molecule has 5 nitrogen and oxygen atoms in total. The molecule has 1 aromatic heterocycles. The molecular weight excluding hydrogens is 204 g/mol. The van der Waals surface area contributed by atoms with E-state index in [-0.39, 0.29) is 11.4 Å². The number of hydrogen-bond acceptors (Lipinski definition) is 5. The van der Waals surface area contributed by atoms with Gasteiger partial charge in [-0.25, -0.2) is 0 Å². The molecule has 6 heteroatoms. The Morgan fingerprint density at radius 2 is 2.29 bits per heavy atom. The van der Waals surface area contributed by atoms with Gasteiger partial charge < -0.3 is 10.8 Å². The number of aromatic hydroxyl groups is 1. The summed E-state index contributed by atoms with van der Waals surface area (Å²) in [5.74, 6) is -0.454. The van der Waals surface area contributed by atoms with Crippen LogP contribution in [0.15, 0.2) is 17.5 Å². The summed E-state index contributed by atoms with van der Waals surface area (Å²) in [6.45, 7) is 0. The lowest BCUT2D eigenvalue weighted by atomic mass is 10.2. The Labute approximate surface area is 82.5 Å². The molecule has 1 heterocycles. The molecule has 72 valence electrons. The molecule has 0 spiro atoms. The summed E-state index contributed by atoms with van der Waals surface area (Å²) in [6, 6.07) is 3.04. The van der Waals surface area contributed by atoms with Crippen molar-refractivity contribution in [1.29, 1.82) is 0 Å². The predicted molar refractivity (Wildman–Crippen MR) is 54.6 cm³/mol.